The molecule has 6 rings (SSSR count). The van der Waals surface area contributed by atoms with Crippen molar-refractivity contribution in [2.24, 2.45) is 4.99 Å². The number of likely N-dealkylation sites (tertiary alicyclic amines) is 1. The molecule has 2 amide bonds. The first-order valence-electron chi connectivity index (χ1n) is 13.0. The largest absolute Gasteiger partial charge is 0.497 e. The Morgan fingerprint density at radius 2 is 1.95 bits per heavy atom. The van der Waals surface area contributed by atoms with Gasteiger partial charge in [0.2, 0.25) is 5.91 Å². The molecule has 1 fully saturated rings. The van der Waals surface area contributed by atoms with Crippen LogP contribution in [-0.4, -0.2) is 51.5 Å². The standard InChI is InChI=1S/C30H25ClN6O3S/c1-40-22-10-7-18(8-11-22)14-26-29(39)36-30(41-26)37-13-3-6-25(37)28(38)35-21-9-12-24-23(16-21)27(33-17-32-24)34-20-5-2-4-19(31)15-20/h2,4-5,7-12,14-17,25H,3,6,13H2,1H3,(H,35,38)(H,32,33,34)/b26-14+/t25-/m0/s1. The highest BCUT2D eigenvalue weighted by atomic mass is 35.5. The summed E-state index contributed by atoms with van der Waals surface area (Å²) in [7, 11) is 1.61. The van der Waals surface area contributed by atoms with Crippen LogP contribution in [0.5, 0.6) is 5.75 Å². The summed E-state index contributed by atoms with van der Waals surface area (Å²) in [6.07, 6.45) is 4.78. The van der Waals surface area contributed by atoms with Gasteiger partial charge in [0.1, 0.15) is 23.9 Å². The number of halogens is 1. The van der Waals surface area contributed by atoms with Crippen LogP contribution in [0.1, 0.15) is 18.4 Å². The van der Waals surface area contributed by atoms with Gasteiger partial charge < -0.3 is 20.3 Å². The smallest absolute Gasteiger partial charge is 0.286 e. The van der Waals surface area contributed by atoms with Gasteiger partial charge >= 0.3 is 0 Å². The molecule has 1 saturated heterocycles. The molecule has 0 radical (unpaired) electrons. The lowest BCUT2D eigenvalue weighted by atomic mass is 10.1. The van der Waals surface area contributed by atoms with Crippen molar-refractivity contribution in [2.75, 3.05) is 24.3 Å². The van der Waals surface area contributed by atoms with Gasteiger partial charge in [-0.1, -0.05) is 29.8 Å². The summed E-state index contributed by atoms with van der Waals surface area (Å²) >= 11 is 7.43. The second-order valence-electron chi connectivity index (χ2n) is 9.51. The first kappa shape index (κ1) is 26.8. The van der Waals surface area contributed by atoms with Gasteiger partial charge in [0, 0.05) is 28.3 Å². The molecule has 2 N–H and O–H groups in total. The van der Waals surface area contributed by atoms with E-state index in [9.17, 15) is 9.59 Å². The Morgan fingerprint density at radius 3 is 2.76 bits per heavy atom. The molecular formula is C30H25ClN6O3S. The number of aromatic nitrogens is 2. The molecule has 11 heteroatoms. The molecule has 4 aromatic rings. The summed E-state index contributed by atoms with van der Waals surface area (Å²) in [5, 5.41) is 8.23. The fourth-order valence-corrected chi connectivity index (χ4v) is 5.98. The number of methoxy groups -OCH3 is 1. The SMILES string of the molecule is COc1ccc(/C=C2/SC(N3CCC[C@H]3C(=O)Nc3ccc4ncnc(Nc5cccc(Cl)c5)c4c3)=NC2=O)cc1. The van der Waals surface area contributed by atoms with E-state index in [0.29, 0.717) is 39.6 Å². The van der Waals surface area contributed by atoms with Gasteiger partial charge in [-0.05, 0) is 84.8 Å². The van der Waals surface area contributed by atoms with Crippen molar-refractivity contribution in [3.63, 3.8) is 0 Å². The number of nitrogens with one attached hydrogen (secondary N) is 2. The van der Waals surface area contributed by atoms with Gasteiger partial charge in [0.15, 0.2) is 5.17 Å². The van der Waals surface area contributed by atoms with E-state index in [2.05, 4.69) is 25.6 Å². The molecule has 1 atom stereocenters. The van der Waals surface area contributed by atoms with Gasteiger partial charge in [-0.2, -0.15) is 4.99 Å². The minimum Gasteiger partial charge on any atom is -0.497 e. The minimum absolute atomic E-state index is 0.161. The number of aliphatic imine (C=N–C) groups is 1. The number of carbonyl (C=O) groups is 2. The van der Waals surface area contributed by atoms with Crippen LogP contribution in [0.4, 0.5) is 17.2 Å². The second-order valence-corrected chi connectivity index (χ2v) is 11.0. The lowest BCUT2D eigenvalue weighted by Crippen LogP contribution is -2.41. The van der Waals surface area contributed by atoms with E-state index in [1.807, 2.05) is 65.6 Å². The normalized spacial score (nSPS) is 17.7. The number of nitrogens with zero attached hydrogens (tertiary/aromatic N) is 4. The number of amidine groups is 1. The highest BCUT2D eigenvalue weighted by Crippen LogP contribution is 2.34. The number of fused-ring (bicyclic) bond motifs is 1. The Bertz CT molecular complexity index is 1710. The number of carbonyl (C=O) groups excluding carboxylic acids is 2. The average Bonchev–Trinajstić information content (AvgIpc) is 3.61. The summed E-state index contributed by atoms with van der Waals surface area (Å²) in [5.41, 5.74) is 3.02. The number of ether oxygens (including phenoxy) is 1. The summed E-state index contributed by atoms with van der Waals surface area (Å²) in [6, 6.07) is 19.9. The lowest BCUT2D eigenvalue weighted by molar-refractivity contribution is -0.119. The minimum atomic E-state index is -0.443. The van der Waals surface area contributed by atoms with Crippen molar-refractivity contribution < 1.29 is 14.3 Å². The van der Waals surface area contributed by atoms with Crippen molar-refractivity contribution in [2.45, 2.75) is 18.9 Å². The van der Waals surface area contributed by atoms with Crippen LogP contribution in [-0.2, 0) is 9.59 Å². The summed E-state index contributed by atoms with van der Waals surface area (Å²) in [5.74, 6) is 0.878. The predicted molar refractivity (Wildman–Crippen MR) is 164 cm³/mol. The Kier molecular flexibility index (Phi) is 7.58. The Labute approximate surface area is 245 Å². The molecule has 1 aromatic heterocycles. The zero-order valence-corrected chi connectivity index (χ0v) is 23.6. The second kappa shape index (κ2) is 11.6. The first-order chi connectivity index (χ1) is 20.0. The maximum atomic E-state index is 13.5. The van der Waals surface area contributed by atoms with Gasteiger partial charge in [0.25, 0.3) is 5.91 Å². The number of rotatable bonds is 6. The number of benzene rings is 3. The summed E-state index contributed by atoms with van der Waals surface area (Å²) < 4.78 is 5.20. The fourth-order valence-electron chi connectivity index (χ4n) is 4.80. The van der Waals surface area contributed by atoms with Crippen molar-refractivity contribution in [1.82, 2.24) is 14.9 Å². The molecule has 0 saturated carbocycles. The third-order valence-electron chi connectivity index (χ3n) is 6.81. The Balaban J connectivity index is 1.17. The molecule has 0 aliphatic carbocycles. The molecule has 206 valence electrons. The Morgan fingerprint density at radius 1 is 1.10 bits per heavy atom. The molecule has 3 aromatic carbocycles. The maximum Gasteiger partial charge on any atom is 0.286 e. The fraction of sp³-hybridized carbons (Fsp3) is 0.167. The van der Waals surface area contributed by atoms with E-state index in [-0.39, 0.29) is 11.8 Å². The van der Waals surface area contributed by atoms with Crippen LogP contribution in [0, 0.1) is 0 Å². The molecule has 9 nitrogen and oxygen atoms in total. The number of hydrogen-bond donors (Lipinski definition) is 2. The Hall–Kier alpha value is -4.41. The van der Waals surface area contributed by atoms with Crippen molar-refractivity contribution in [1.29, 1.82) is 0 Å². The molecule has 0 spiro atoms. The third-order valence-corrected chi connectivity index (χ3v) is 8.07. The molecule has 0 bridgehead atoms. The maximum absolute atomic E-state index is 13.5. The summed E-state index contributed by atoms with van der Waals surface area (Å²) in [4.78, 5) is 41.6. The molecule has 2 aliphatic rings. The highest BCUT2D eigenvalue weighted by molar-refractivity contribution is 8.18. The van der Waals surface area contributed by atoms with Crippen LogP contribution in [0.3, 0.4) is 0 Å². The van der Waals surface area contributed by atoms with E-state index in [1.165, 1.54) is 18.1 Å². The van der Waals surface area contributed by atoms with Crippen LogP contribution >= 0.6 is 23.4 Å². The highest BCUT2D eigenvalue weighted by Gasteiger charge is 2.37. The monoisotopic (exact) mass is 584 g/mol. The summed E-state index contributed by atoms with van der Waals surface area (Å²) in [6.45, 7) is 0.645. The van der Waals surface area contributed by atoms with E-state index >= 15 is 0 Å². The van der Waals surface area contributed by atoms with Gasteiger partial charge in [0.05, 0.1) is 17.5 Å². The predicted octanol–water partition coefficient (Wildman–Crippen LogP) is 6.11. The molecule has 41 heavy (non-hydrogen) atoms. The first-order valence-corrected chi connectivity index (χ1v) is 14.2. The topological polar surface area (TPSA) is 109 Å². The van der Waals surface area contributed by atoms with Crippen LogP contribution < -0.4 is 15.4 Å². The molecular weight excluding hydrogens is 560 g/mol. The zero-order chi connectivity index (χ0) is 28.3. The molecule has 0 unspecified atom stereocenters. The van der Waals surface area contributed by atoms with Gasteiger partial charge in [-0.25, -0.2) is 9.97 Å². The van der Waals surface area contributed by atoms with E-state index in [0.717, 1.165) is 34.3 Å². The number of anilines is 3. The van der Waals surface area contributed by atoms with Crippen LogP contribution in [0.2, 0.25) is 5.02 Å². The zero-order valence-electron chi connectivity index (χ0n) is 22.0. The van der Waals surface area contributed by atoms with Crippen molar-refractivity contribution in [3.8, 4) is 5.75 Å². The van der Waals surface area contributed by atoms with Gasteiger partial charge in [-0.3, -0.25) is 9.59 Å². The van der Waals surface area contributed by atoms with E-state index in [4.69, 9.17) is 16.3 Å². The molecule has 2 aliphatic heterocycles. The lowest BCUT2D eigenvalue weighted by Gasteiger charge is -2.24. The van der Waals surface area contributed by atoms with E-state index in [1.54, 1.807) is 19.3 Å². The van der Waals surface area contributed by atoms with E-state index < -0.39 is 6.04 Å². The quantitative estimate of drug-likeness (QED) is 0.261. The van der Waals surface area contributed by atoms with Crippen molar-refractivity contribution in [3.05, 3.63) is 88.5 Å². The third kappa shape index (κ3) is 5.89. The molecule has 3 heterocycles. The van der Waals surface area contributed by atoms with Crippen LogP contribution in [0.15, 0.2) is 83.0 Å². The van der Waals surface area contributed by atoms with Crippen LogP contribution in [0.25, 0.3) is 17.0 Å². The number of amides is 2. The number of hydrogen-bond acceptors (Lipinski definition) is 8. The van der Waals surface area contributed by atoms with Gasteiger partial charge in [-0.15, -0.1) is 0 Å². The van der Waals surface area contributed by atoms with Crippen molar-refractivity contribution >= 4 is 74.5 Å². The average molecular weight is 585 g/mol. The number of thioether (sulfide) groups is 1.